The molecule has 2 aliphatic carbocycles. The first kappa shape index (κ1) is 55.2. The number of hydrogen-bond acceptors (Lipinski definition) is 16. The maximum atomic E-state index is 13.1. The van der Waals surface area contributed by atoms with Crippen LogP contribution in [0.4, 0.5) is 0 Å². The van der Waals surface area contributed by atoms with Crippen LogP contribution in [0.1, 0.15) is 103 Å². The zero-order valence-electron chi connectivity index (χ0n) is 41.0. The number of thioether (sulfide) groups is 2. The van der Waals surface area contributed by atoms with Crippen LogP contribution in [0.25, 0.3) is 0 Å². The lowest BCUT2D eigenvalue weighted by molar-refractivity contribution is -0.141. The van der Waals surface area contributed by atoms with E-state index < -0.39 is 17.9 Å². The normalized spacial score (nSPS) is 19.1. The number of benzene rings is 3. The molecule has 0 spiro atoms. The summed E-state index contributed by atoms with van der Waals surface area (Å²) < 4.78 is 45.7. The highest BCUT2D eigenvalue weighted by Crippen LogP contribution is 2.57. The van der Waals surface area contributed by atoms with E-state index in [1.807, 2.05) is 12.1 Å². The van der Waals surface area contributed by atoms with Crippen molar-refractivity contribution in [3.8, 4) is 46.6 Å². The molecule has 3 aromatic carbocycles. The maximum absolute atomic E-state index is 13.1. The Morgan fingerprint density at radius 1 is 0.514 bits per heavy atom. The molecule has 0 unspecified atom stereocenters. The van der Waals surface area contributed by atoms with Crippen molar-refractivity contribution >= 4 is 47.4 Å². The predicted molar refractivity (Wildman–Crippen MR) is 273 cm³/mol. The van der Waals surface area contributed by atoms with Gasteiger partial charge in [-0.2, -0.15) is 10.5 Å². The van der Waals surface area contributed by atoms with Crippen molar-refractivity contribution in [2.75, 3.05) is 39.6 Å². The van der Waals surface area contributed by atoms with Gasteiger partial charge in [0, 0.05) is 12.2 Å². The van der Waals surface area contributed by atoms with Crippen LogP contribution in [0, 0.1) is 52.3 Å². The number of ether oxygens (including phenoxy) is 8. The number of nitriles is 2. The topological polar surface area (TPSA) is 190 Å². The Balaban J connectivity index is 0.885. The van der Waals surface area contributed by atoms with Crippen molar-refractivity contribution < 1.29 is 57.1 Å². The smallest absolute Gasteiger partial charge is 0.330 e. The van der Waals surface area contributed by atoms with E-state index in [0.29, 0.717) is 99.8 Å². The molecule has 0 N–H and O–H groups in total. The molecule has 0 atom stereocenters. The third-order valence-electron chi connectivity index (χ3n) is 12.9. The van der Waals surface area contributed by atoms with Gasteiger partial charge in [-0.25, -0.2) is 9.59 Å². The summed E-state index contributed by atoms with van der Waals surface area (Å²) in [4.78, 5) is 50.2. The molecule has 3 aromatic rings. The Bertz CT molecular complexity index is 2170. The van der Waals surface area contributed by atoms with Gasteiger partial charge in [-0.05, 0) is 175 Å². The van der Waals surface area contributed by atoms with Gasteiger partial charge < -0.3 is 37.9 Å². The summed E-state index contributed by atoms with van der Waals surface area (Å²) in [6.45, 7) is 9.64. The van der Waals surface area contributed by atoms with E-state index in [1.54, 1.807) is 48.5 Å². The summed E-state index contributed by atoms with van der Waals surface area (Å²) in [6.07, 6.45) is 15.5. The number of rotatable bonds is 29. The van der Waals surface area contributed by atoms with Crippen LogP contribution in [0.2, 0.25) is 0 Å². The predicted octanol–water partition coefficient (Wildman–Crippen LogP) is 11.8. The largest absolute Gasteiger partial charge is 0.494 e. The van der Waals surface area contributed by atoms with Crippen LogP contribution in [-0.2, 0) is 28.7 Å². The van der Waals surface area contributed by atoms with Crippen molar-refractivity contribution in [1.82, 2.24) is 0 Å². The molecule has 0 radical (unpaired) electrons. The number of esters is 4. The second-order valence-corrected chi connectivity index (χ2v) is 20.8. The molecule has 0 saturated heterocycles. The monoisotopic (exact) mass is 1020 g/mol. The minimum absolute atomic E-state index is 0.198. The molecule has 0 aromatic heterocycles. The molecule has 2 fully saturated rings. The minimum Gasteiger partial charge on any atom is -0.494 e. The van der Waals surface area contributed by atoms with Crippen molar-refractivity contribution in [2.45, 2.75) is 117 Å². The zero-order valence-corrected chi connectivity index (χ0v) is 42.6. The number of fused-ring (bicyclic) bond motifs is 1. The number of carbonyl (C=O) groups excluding carboxylic acids is 4. The van der Waals surface area contributed by atoms with Gasteiger partial charge >= 0.3 is 23.9 Å². The molecule has 1 aliphatic heterocycles. The third kappa shape index (κ3) is 17.9. The lowest BCUT2D eigenvalue weighted by Gasteiger charge is -2.28. The van der Waals surface area contributed by atoms with E-state index in [0.717, 1.165) is 99.0 Å². The highest BCUT2D eigenvalue weighted by molar-refractivity contribution is 8.19. The summed E-state index contributed by atoms with van der Waals surface area (Å²) in [7, 11) is 0. The Labute approximate surface area is 432 Å². The standard InChI is InChI=1S/C56H66N2O12S2/c1-3-50(59)65-33-11-7-5-9-31-63-44-21-25-46(26-22-44)69-54(61)41-17-13-39(14-18-41)37-67-48-29-30-49(53-52(48)71-56(72-53)43(35-57)36-58)68-38-40-15-19-42(20-16-40)55(62)70-47-27-23-45(24-28-47)64-32-10-6-8-12-34-66-51(60)4-2/h3-4,21-30,39-43,56H,1-2,5-20,31-34,37-38H2. The fourth-order valence-electron chi connectivity index (χ4n) is 8.63. The van der Waals surface area contributed by atoms with Gasteiger partial charge in [0.25, 0.3) is 0 Å². The SMILES string of the molecule is C=CC(=O)OCCCCCCOc1ccc(OC(=O)C2CCC(COc3ccc(OCC4CCC(C(=O)Oc5ccc(OCCCCCCOC(=O)C=C)cc5)CC4)c4c3SC(C(C#N)C#N)S4)CC2)cc1. The van der Waals surface area contributed by atoms with Crippen LogP contribution < -0.4 is 28.4 Å². The van der Waals surface area contributed by atoms with Crippen molar-refractivity contribution in [1.29, 1.82) is 10.5 Å². The second-order valence-electron chi connectivity index (χ2n) is 18.2. The summed E-state index contributed by atoms with van der Waals surface area (Å²) >= 11 is 2.93. The van der Waals surface area contributed by atoms with E-state index in [9.17, 15) is 29.7 Å². The van der Waals surface area contributed by atoms with Gasteiger partial charge in [0.05, 0.1) is 78.0 Å². The molecule has 6 rings (SSSR count). The van der Waals surface area contributed by atoms with E-state index >= 15 is 0 Å². The first-order chi connectivity index (χ1) is 35.2. The average Bonchev–Trinajstić information content (AvgIpc) is 3.86. The lowest BCUT2D eigenvalue weighted by atomic mass is 9.82. The maximum Gasteiger partial charge on any atom is 0.330 e. The Hall–Kier alpha value is -6.10. The van der Waals surface area contributed by atoms with Gasteiger partial charge in [0.2, 0.25) is 0 Å². The van der Waals surface area contributed by atoms with Crippen LogP contribution in [0.3, 0.4) is 0 Å². The summed E-state index contributed by atoms with van der Waals surface area (Å²) in [6, 6.07) is 22.3. The Kier molecular flexibility index (Phi) is 23.0. The van der Waals surface area contributed by atoms with E-state index in [1.165, 1.54) is 23.5 Å². The second kappa shape index (κ2) is 30.1. The summed E-state index contributed by atoms with van der Waals surface area (Å²) in [5.74, 6) is 1.79. The molecule has 0 bridgehead atoms. The third-order valence-corrected chi connectivity index (χ3v) is 15.9. The average molecular weight is 1020 g/mol. The van der Waals surface area contributed by atoms with E-state index in [4.69, 9.17) is 37.9 Å². The van der Waals surface area contributed by atoms with Crippen LogP contribution in [0.15, 0.2) is 95.8 Å². The molecular formula is C56H66N2O12S2. The van der Waals surface area contributed by atoms with Gasteiger partial charge in [-0.1, -0.05) is 13.2 Å². The van der Waals surface area contributed by atoms with Crippen molar-refractivity contribution in [3.05, 3.63) is 86.0 Å². The molecular weight excluding hydrogens is 957 g/mol. The zero-order chi connectivity index (χ0) is 50.9. The van der Waals surface area contributed by atoms with Crippen LogP contribution in [-0.4, -0.2) is 68.1 Å². The number of hydrogen-bond donors (Lipinski definition) is 0. The van der Waals surface area contributed by atoms with Gasteiger partial charge in [-0.3, -0.25) is 9.59 Å². The summed E-state index contributed by atoms with van der Waals surface area (Å²) in [5, 5.41) is 19.5. The molecule has 72 heavy (non-hydrogen) atoms. The molecule has 14 nitrogen and oxygen atoms in total. The number of nitrogens with zero attached hydrogens (tertiary/aromatic N) is 2. The Morgan fingerprint density at radius 3 is 1.24 bits per heavy atom. The molecule has 2 saturated carbocycles. The van der Waals surface area contributed by atoms with Gasteiger partial charge in [0.15, 0.2) is 5.92 Å². The van der Waals surface area contributed by atoms with Gasteiger partial charge in [0.1, 0.15) is 34.5 Å². The van der Waals surface area contributed by atoms with E-state index in [2.05, 4.69) is 25.3 Å². The fraction of sp³-hybridized carbons (Fsp3) is 0.500. The van der Waals surface area contributed by atoms with Crippen LogP contribution >= 0.6 is 23.5 Å². The lowest BCUT2D eigenvalue weighted by Crippen LogP contribution is -2.28. The number of unbranched alkanes of at least 4 members (excludes halogenated alkanes) is 6. The van der Waals surface area contributed by atoms with Crippen molar-refractivity contribution in [2.24, 2.45) is 29.6 Å². The molecule has 1 heterocycles. The molecule has 16 heteroatoms. The first-order valence-electron chi connectivity index (χ1n) is 25.2. The van der Waals surface area contributed by atoms with Crippen molar-refractivity contribution in [3.63, 3.8) is 0 Å². The fourth-order valence-corrected chi connectivity index (χ4v) is 11.6. The highest BCUT2D eigenvalue weighted by Gasteiger charge is 2.36. The Morgan fingerprint density at radius 2 is 0.875 bits per heavy atom. The number of carbonyl (C=O) groups is 4. The van der Waals surface area contributed by atoms with Gasteiger partial charge in [-0.15, -0.1) is 23.5 Å². The molecule has 0 amide bonds. The van der Waals surface area contributed by atoms with E-state index in [-0.39, 0.29) is 40.2 Å². The van der Waals surface area contributed by atoms with Crippen LogP contribution in [0.5, 0.6) is 34.5 Å². The molecule has 384 valence electrons. The minimum atomic E-state index is -0.818. The highest BCUT2D eigenvalue weighted by atomic mass is 32.2. The molecule has 3 aliphatic rings. The summed E-state index contributed by atoms with van der Waals surface area (Å²) in [5.41, 5.74) is 0. The first-order valence-corrected chi connectivity index (χ1v) is 26.9. The quantitative estimate of drug-likeness (QED) is 0.0276.